The van der Waals surface area contributed by atoms with Crippen LogP contribution in [0.15, 0.2) is 18.2 Å². The Hall–Kier alpha value is -1.63. The van der Waals surface area contributed by atoms with Crippen LogP contribution in [-0.4, -0.2) is 53.5 Å². The van der Waals surface area contributed by atoms with Gasteiger partial charge in [-0.05, 0) is 37.5 Å². The van der Waals surface area contributed by atoms with Crippen molar-refractivity contribution in [3.8, 4) is 5.75 Å². The molecule has 0 spiro atoms. The summed E-state index contributed by atoms with van der Waals surface area (Å²) in [6, 6.07) is 5.19. The average molecular weight is 323 g/mol. The zero-order valence-electron chi connectivity index (χ0n) is 13.7. The van der Waals surface area contributed by atoms with Crippen LogP contribution in [0.3, 0.4) is 0 Å². The predicted octanol–water partition coefficient (Wildman–Crippen LogP) is 1.64. The quantitative estimate of drug-likeness (QED) is 0.794. The lowest BCUT2D eigenvalue weighted by atomic mass is 9.98. The molecule has 2 atom stereocenters. The highest BCUT2D eigenvalue weighted by molar-refractivity contribution is 5.73. The van der Waals surface area contributed by atoms with Gasteiger partial charge in [0.05, 0.1) is 19.8 Å². The van der Waals surface area contributed by atoms with Crippen molar-refractivity contribution < 1.29 is 24.5 Å². The number of ether oxygens (including phenoxy) is 2. The minimum Gasteiger partial charge on any atom is -0.496 e. The number of benzene rings is 1. The number of carboxylic acids is 1. The van der Waals surface area contributed by atoms with Crippen LogP contribution in [0, 0.1) is 0 Å². The molecule has 0 saturated carbocycles. The number of hydrogen-bond donors (Lipinski definition) is 2. The highest BCUT2D eigenvalue weighted by Crippen LogP contribution is 2.24. The molecule has 6 nitrogen and oxygen atoms in total. The highest BCUT2D eigenvalue weighted by atomic mass is 16.5. The second-order valence-electron chi connectivity index (χ2n) is 5.79. The maximum absolute atomic E-state index is 11.4. The molecule has 1 aliphatic heterocycles. The van der Waals surface area contributed by atoms with Gasteiger partial charge in [-0.3, -0.25) is 9.69 Å². The van der Waals surface area contributed by atoms with E-state index in [9.17, 15) is 15.0 Å². The molecule has 2 rings (SSSR count). The molecule has 23 heavy (non-hydrogen) atoms. The van der Waals surface area contributed by atoms with Gasteiger partial charge >= 0.3 is 5.97 Å². The molecule has 1 saturated heterocycles. The van der Waals surface area contributed by atoms with E-state index in [-0.39, 0.29) is 6.42 Å². The SMILES string of the molecule is CCOCc1cc(CN2CC[C@H](O)C[C@@H]2C(=O)O)ccc1OC. The van der Waals surface area contributed by atoms with Gasteiger partial charge in [-0.25, -0.2) is 0 Å². The summed E-state index contributed by atoms with van der Waals surface area (Å²) in [6.07, 6.45) is 0.347. The fourth-order valence-electron chi connectivity index (χ4n) is 2.93. The van der Waals surface area contributed by atoms with Crippen LogP contribution in [0.25, 0.3) is 0 Å². The molecule has 0 unspecified atom stereocenters. The fraction of sp³-hybridized carbons (Fsp3) is 0.588. The Labute approximate surface area is 136 Å². The molecule has 1 aromatic carbocycles. The first kappa shape index (κ1) is 17.7. The van der Waals surface area contributed by atoms with Crippen LogP contribution in [0.2, 0.25) is 0 Å². The molecule has 2 N–H and O–H groups in total. The van der Waals surface area contributed by atoms with Crippen molar-refractivity contribution in [1.82, 2.24) is 4.90 Å². The van der Waals surface area contributed by atoms with Gasteiger partial charge in [0.2, 0.25) is 0 Å². The fourth-order valence-corrected chi connectivity index (χ4v) is 2.93. The second-order valence-corrected chi connectivity index (χ2v) is 5.79. The molecular formula is C17H25NO5. The predicted molar refractivity (Wildman–Crippen MR) is 85.4 cm³/mol. The van der Waals surface area contributed by atoms with E-state index in [1.807, 2.05) is 30.0 Å². The largest absolute Gasteiger partial charge is 0.496 e. The smallest absolute Gasteiger partial charge is 0.321 e. The van der Waals surface area contributed by atoms with Gasteiger partial charge in [-0.1, -0.05) is 6.07 Å². The van der Waals surface area contributed by atoms with E-state index >= 15 is 0 Å². The summed E-state index contributed by atoms with van der Waals surface area (Å²) < 4.78 is 10.8. The lowest BCUT2D eigenvalue weighted by Crippen LogP contribution is -2.48. The van der Waals surface area contributed by atoms with Crippen molar-refractivity contribution in [1.29, 1.82) is 0 Å². The summed E-state index contributed by atoms with van der Waals surface area (Å²) in [5, 5.41) is 19.1. The summed E-state index contributed by atoms with van der Waals surface area (Å²) in [6.45, 7) is 4.14. The van der Waals surface area contributed by atoms with Crippen LogP contribution in [0.5, 0.6) is 5.75 Å². The molecule has 0 aromatic heterocycles. The van der Waals surface area contributed by atoms with E-state index < -0.39 is 18.1 Å². The molecule has 0 aliphatic carbocycles. The molecule has 128 valence electrons. The van der Waals surface area contributed by atoms with Crippen LogP contribution in [0.1, 0.15) is 30.9 Å². The number of methoxy groups -OCH3 is 1. The molecule has 0 radical (unpaired) electrons. The van der Waals surface area contributed by atoms with E-state index in [0.29, 0.717) is 32.7 Å². The van der Waals surface area contributed by atoms with Gasteiger partial charge in [0.15, 0.2) is 0 Å². The molecule has 6 heteroatoms. The number of hydrogen-bond acceptors (Lipinski definition) is 5. The van der Waals surface area contributed by atoms with Crippen molar-refractivity contribution in [2.45, 2.75) is 45.1 Å². The Morgan fingerprint density at radius 2 is 2.22 bits per heavy atom. The van der Waals surface area contributed by atoms with Crippen LogP contribution in [0.4, 0.5) is 0 Å². The lowest BCUT2D eigenvalue weighted by Gasteiger charge is -2.35. The number of aliphatic hydroxyl groups excluding tert-OH is 1. The first-order valence-corrected chi connectivity index (χ1v) is 7.93. The van der Waals surface area contributed by atoms with Gasteiger partial charge in [-0.15, -0.1) is 0 Å². The third-order valence-corrected chi connectivity index (χ3v) is 4.16. The molecule has 0 bridgehead atoms. The lowest BCUT2D eigenvalue weighted by molar-refractivity contribution is -0.146. The van der Waals surface area contributed by atoms with Crippen molar-refractivity contribution in [3.63, 3.8) is 0 Å². The van der Waals surface area contributed by atoms with Crippen LogP contribution in [-0.2, 0) is 22.7 Å². The number of nitrogens with zero attached hydrogens (tertiary/aromatic N) is 1. The minimum atomic E-state index is -0.883. The van der Waals surface area contributed by atoms with Crippen molar-refractivity contribution >= 4 is 5.97 Å². The van der Waals surface area contributed by atoms with E-state index in [1.54, 1.807) is 7.11 Å². The van der Waals surface area contributed by atoms with Crippen molar-refractivity contribution in [3.05, 3.63) is 29.3 Å². The highest BCUT2D eigenvalue weighted by Gasteiger charge is 2.32. The molecule has 1 heterocycles. The number of aliphatic carboxylic acids is 1. The normalized spacial score (nSPS) is 22.0. The number of aliphatic hydroxyl groups is 1. The Morgan fingerprint density at radius 3 is 2.87 bits per heavy atom. The van der Waals surface area contributed by atoms with E-state index in [4.69, 9.17) is 9.47 Å². The second kappa shape index (κ2) is 8.29. The topological polar surface area (TPSA) is 79.2 Å². The van der Waals surface area contributed by atoms with Gasteiger partial charge in [0.1, 0.15) is 11.8 Å². The van der Waals surface area contributed by atoms with Gasteiger partial charge < -0.3 is 19.7 Å². The number of rotatable bonds is 7. The third kappa shape index (κ3) is 4.67. The number of carbonyl (C=O) groups is 1. The van der Waals surface area contributed by atoms with E-state index in [0.717, 1.165) is 16.9 Å². The average Bonchev–Trinajstić information content (AvgIpc) is 2.54. The third-order valence-electron chi connectivity index (χ3n) is 4.16. The molecular weight excluding hydrogens is 298 g/mol. The van der Waals surface area contributed by atoms with E-state index in [1.165, 1.54) is 0 Å². The summed E-state index contributed by atoms with van der Waals surface area (Å²) in [5.41, 5.74) is 1.97. The summed E-state index contributed by atoms with van der Waals surface area (Å²) >= 11 is 0. The number of carboxylic acid groups (broad SMARTS) is 1. The van der Waals surface area contributed by atoms with E-state index in [2.05, 4.69) is 0 Å². The Kier molecular flexibility index (Phi) is 6.38. The monoisotopic (exact) mass is 323 g/mol. The maximum atomic E-state index is 11.4. The van der Waals surface area contributed by atoms with Gasteiger partial charge in [0.25, 0.3) is 0 Å². The molecule has 1 fully saturated rings. The first-order chi connectivity index (χ1) is 11.0. The molecule has 0 amide bonds. The van der Waals surface area contributed by atoms with Gasteiger partial charge in [-0.2, -0.15) is 0 Å². The zero-order valence-corrected chi connectivity index (χ0v) is 13.7. The van der Waals surface area contributed by atoms with Crippen molar-refractivity contribution in [2.75, 3.05) is 20.3 Å². The molecule has 1 aromatic rings. The molecule has 1 aliphatic rings. The minimum absolute atomic E-state index is 0.275. The Morgan fingerprint density at radius 1 is 1.43 bits per heavy atom. The van der Waals surface area contributed by atoms with Gasteiger partial charge in [0, 0.05) is 25.3 Å². The first-order valence-electron chi connectivity index (χ1n) is 7.93. The number of piperidine rings is 1. The number of likely N-dealkylation sites (tertiary alicyclic amines) is 1. The Balaban J connectivity index is 2.13. The maximum Gasteiger partial charge on any atom is 0.321 e. The summed E-state index contributed by atoms with van der Waals surface area (Å²) in [5.74, 6) is -0.113. The zero-order chi connectivity index (χ0) is 16.8. The summed E-state index contributed by atoms with van der Waals surface area (Å²) in [4.78, 5) is 13.3. The standard InChI is InChI=1S/C17H25NO5/c1-3-23-11-13-8-12(4-5-16(13)22-2)10-18-7-6-14(19)9-15(18)17(20)21/h4-5,8,14-15,19H,3,6-7,9-11H2,1-2H3,(H,20,21)/t14-,15+/m0/s1. The Bertz CT molecular complexity index is 534. The van der Waals surface area contributed by atoms with Crippen molar-refractivity contribution in [2.24, 2.45) is 0 Å². The van der Waals surface area contributed by atoms with Crippen LogP contribution >= 0.6 is 0 Å². The van der Waals surface area contributed by atoms with Crippen LogP contribution < -0.4 is 4.74 Å². The summed E-state index contributed by atoms with van der Waals surface area (Å²) in [7, 11) is 1.62.